The normalized spacial score (nSPS) is 12.7. The van der Waals surface area contributed by atoms with Gasteiger partial charge in [-0.3, -0.25) is 0 Å². The molecule has 0 spiro atoms. The highest BCUT2D eigenvalue weighted by Gasteiger charge is 1.87. The molecule has 0 heterocycles. The van der Waals surface area contributed by atoms with Crippen LogP contribution in [-0.2, 0) is 0 Å². The van der Waals surface area contributed by atoms with Crippen LogP contribution < -0.4 is 0 Å². The van der Waals surface area contributed by atoms with Gasteiger partial charge in [-0.1, -0.05) is 13.0 Å². The molecule has 0 saturated heterocycles. The maximum absolute atomic E-state index is 6.66. The highest BCUT2D eigenvalue weighted by atomic mass is 14.3. The second-order valence-electron chi connectivity index (χ2n) is 1.65. The molecule has 0 aromatic carbocycles. The third kappa shape index (κ3) is 3.23. The summed E-state index contributed by atoms with van der Waals surface area (Å²) in [6, 6.07) is 0. The van der Waals surface area contributed by atoms with E-state index in [1.165, 1.54) is 6.21 Å². The molecular formula is C6H11N. The Balaban J connectivity index is 3.15. The van der Waals surface area contributed by atoms with E-state index in [0.29, 0.717) is 5.92 Å². The van der Waals surface area contributed by atoms with Crippen LogP contribution in [0.2, 0.25) is 0 Å². The molecule has 1 N–H and O–H groups in total. The fraction of sp³-hybridized carbons (Fsp3) is 0.500. The van der Waals surface area contributed by atoms with Gasteiger partial charge in [0.25, 0.3) is 0 Å². The van der Waals surface area contributed by atoms with Crippen LogP contribution in [0, 0.1) is 11.3 Å². The summed E-state index contributed by atoms with van der Waals surface area (Å²) in [5.74, 6) is 0.470. The van der Waals surface area contributed by atoms with Crippen molar-refractivity contribution in [2.24, 2.45) is 5.92 Å². The number of rotatable bonds is 3. The van der Waals surface area contributed by atoms with E-state index in [0.717, 1.165) is 6.42 Å². The minimum Gasteiger partial charge on any atom is -0.313 e. The lowest BCUT2D eigenvalue weighted by atomic mass is 10.1. The van der Waals surface area contributed by atoms with Crippen LogP contribution in [0.25, 0.3) is 0 Å². The second kappa shape index (κ2) is 3.59. The van der Waals surface area contributed by atoms with Crippen molar-refractivity contribution in [3.8, 4) is 0 Å². The monoisotopic (exact) mass is 97.1 g/mol. The minimum absolute atomic E-state index is 0.470. The average Bonchev–Trinajstić information content (AvgIpc) is 1.68. The molecule has 1 nitrogen and oxygen atoms in total. The zero-order valence-electron chi connectivity index (χ0n) is 4.65. The molecule has 0 aliphatic heterocycles. The number of hydrogen-bond donors (Lipinski definition) is 1. The first-order valence-corrected chi connectivity index (χ1v) is 2.42. The third-order valence-electron chi connectivity index (χ3n) is 0.892. The van der Waals surface area contributed by atoms with Crippen LogP contribution in [0.15, 0.2) is 12.7 Å². The van der Waals surface area contributed by atoms with E-state index in [2.05, 4.69) is 6.58 Å². The smallest absolute Gasteiger partial charge is 0.00420 e. The van der Waals surface area contributed by atoms with Crippen LogP contribution in [0.4, 0.5) is 0 Å². The maximum atomic E-state index is 6.66. The summed E-state index contributed by atoms with van der Waals surface area (Å²) < 4.78 is 0. The SMILES string of the molecule is C=CC(C)CC=N. The van der Waals surface area contributed by atoms with Crippen LogP contribution in [0.5, 0.6) is 0 Å². The molecule has 0 aliphatic rings. The second-order valence-corrected chi connectivity index (χ2v) is 1.65. The quantitative estimate of drug-likeness (QED) is 0.410. The molecule has 0 fully saturated rings. The topological polar surface area (TPSA) is 23.9 Å². The standard InChI is InChI=1S/C6H11N/c1-3-6(2)4-5-7/h3,5-7H,1,4H2,2H3. The first kappa shape index (κ1) is 6.41. The summed E-state index contributed by atoms with van der Waals surface area (Å²) in [6.45, 7) is 5.62. The Labute approximate surface area is 44.6 Å². The Morgan fingerprint density at radius 3 is 2.57 bits per heavy atom. The zero-order chi connectivity index (χ0) is 5.70. The summed E-state index contributed by atoms with van der Waals surface area (Å²) in [6.07, 6.45) is 4.08. The van der Waals surface area contributed by atoms with Crippen molar-refractivity contribution < 1.29 is 0 Å². The molecule has 0 rings (SSSR count). The van der Waals surface area contributed by atoms with Gasteiger partial charge in [0, 0.05) is 0 Å². The summed E-state index contributed by atoms with van der Waals surface area (Å²) in [4.78, 5) is 0. The number of hydrogen-bond acceptors (Lipinski definition) is 1. The predicted molar refractivity (Wildman–Crippen MR) is 32.8 cm³/mol. The van der Waals surface area contributed by atoms with E-state index in [1.54, 1.807) is 0 Å². The molecule has 0 bridgehead atoms. The Kier molecular flexibility index (Phi) is 3.29. The highest BCUT2D eigenvalue weighted by molar-refractivity contribution is 5.53. The third-order valence-corrected chi connectivity index (χ3v) is 0.892. The van der Waals surface area contributed by atoms with Crippen molar-refractivity contribution in [1.82, 2.24) is 0 Å². The van der Waals surface area contributed by atoms with Crippen molar-refractivity contribution in [1.29, 1.82) is 5.41 Å². The van der Waals surface area contributed by atoms with Gasteiger partial charge in [-0.25, -0.2) is 0 Å². The van der Waals surface area contributed by atoms with Gasteiger partial charge in [-0.2, -0.15) is 0 Å². The van der Waals surface area contributed by atoms with E-state index in [-0.39, 0.29) is 0 Å². The highest BCUT2D eigenvalue weighted by Crippen LogP contribution is 1.97. The molecule has 7 heavy (non-hydrogen) atoms. The Bertz CT molecular complexity index is 66.6. The average molecular weight is 97.2 g/mol. The minimum atomic E-state index is 0.470. The van der Waals surface area contributed by atoms with Crippen LogP contribution in [0.3, 0.4) is 0 Å². The fourth-order valence-corrected chi connectivity index (χ4v) is 0.282. The predicted octanol–water partition coefficient (Wildman–Crippen LogP) is 1.85. The molecule has 0 amide bonds. The molecule has 0 aromatic heterocycles. The molecular weight excluding hydrogens is 86.1 g/mol. The molecule has 40 valence electrons. The molecule has 1 heteroatoms. The van der Waals surface area contributed by atoms with Crippen molar-refractivity contribution in [2.45, 2.75) is 13.3 Å². The largest absolute Gasteiger partial charge is 0.313 e. The van der Waals surface area contributed by atoms with E-state index in [4.69, 9.17) is 5.41 Å². The van der Waals surface area contributed by atoms with E-state index in [1.807, 2.05) is 13.0 Å². The van der Waals surface area contributed by atoms with Gasteiger partial charge in [0.15, 0.2) is 0 Å². The fourth-order valence-electron chi connectivity index (χ4n) is 0.282. The Morgan fingerprint density at radius 1 is 1.86 bits per heavy atom. The number of allylic oxidation sites excluding steroid dienone is 1. The molecule has 1 atom stereocenters. The van der Waals surface area contributed by atoms with Gasteiger partial charge in [0.05, 0.1) is 0 Å². The van der Waals surface area contributed by atoms with Crippen molar-refractivity contribution in [3.63, 3.8) is 0 Å². The van der Waals surface area contributed by atoms with Crippen molar-refractivity contribution >= 4 is 6.21 Å². The van der Waals surface area contributed by atoms with Crippen LogP contribution in [-0.4, -0.2) is 6.21 Å². The summed E-state index contributed by atoms with van der Waals surface area (Å²) in [5.41, 5.74) is 0. The van der Waals surface area contributed by atoms with E-state index in [9.17, 15) is 0 Å². The van der Waals surface area contributed by atoms with Crippen molar-refractivity contribution in [3.05, 3.63) is 12.7 Å². The molecule has 0 saturated carbocycles. The Hall–Kier alpha value is -0.590. The lowest BCUT2D eigenvalue weighted by Gasteiger charge is -1.94. The summed E-state index contributed by atoms with van der Waals surface area (Å²) in [7, 11) is 0. The van der Waals surface area contributed by atoms with Crippen molar-refractivity contribution in [2.75, 3.05) is 0 Å². The van der Waals surface area contributed by atoms with Crippen LogP contribution in [0.1, 0.15) is 13.3 Å². The lowest BCUT2D eigenvalue weighted by Crippen LogP contribution is -1.86. The molecule has 1 unspecified atom stereocenters. The van der Waals surface area contributed by atoms with Gasteiger partial charge in [-0.05, 0) is 18.6 Å². The molecule has 0 radical (unpaired) electrons. The number of nitrogens with one attached hydrogen (secondary N) is 1. The molecule has 0 aromatic rings. The summed E-state index contributed by atoms with van der Waals surface area (Å²) >= 11 is 0. The van der Waals surface area contributed by atoms with Gasteiger partial charge in [0.2, 0.25) is 0 Å². The first-order valence-electron chi connectivity index (χ1n) is 2.42. The Morgan fingerprint density at radius 2 is 2.43 bits per heavy atom. The lowest BCUT2D eigenvalue weighted by molar-refractivity contribution is 0.777. The van der Waals surface area contributed by atoms with E-state index < -0.39 is 0 Å². The first-order chi connectivity index (χ1) is 3.31. The zero-order valence-corrected chi connectivity index (χ0v) is 4.65. The maximum Gasteiger partial charge on any atom is -0.00420 e. The molecule has 0 aliphatic carbocycles. The van der Waals surface area contributed by atoms with Gasteiger partial charge in [0.1, 0.15) is 0 Å². The van der Waals surface area contributed by atoms with E-state index >= 15 is 0 Å². The van der Waals surface area contributed by atoms with Crippen LogP contribution >= 0.6 is 0 Å². The van der Waals surface area contributed by atoms with Gasteiger partial charge >= 0.3 is 0 Å². The van der Waals surface area contributed by atoms with Gasteiger partial charge < -0.3 is 5.41 Å². The summed E-state index contributed by atoms with van der Waals surface area (Å²) in [5, 5.41) is 6.66. The van der Waals surface area contributed by atoms with Gasteiger partial charge in [-0.15, -0.1) is 6.58 Å².